The zero-order valence-electron chi connectivity index (χ0n) is 25.2. The molecule has 1 fully saturated rings. The zero-order chi connectivity index (χ0) is 28.8. The van der Waals surface area contributed by atoms with Gasteiger partial charge in [-0.1, -0.05) is 53.9 Å². The number of nitrogens with zero attached hydrogens (tertiary/aromatic N) is 2. The van der Waals surface area contributed by atoms with Crippen molar-refractivity contribution in [3.63, 3.8) is 0 Å². The summed E-state index contributed by atoms with van der Waals surface area (Å²) < 4.78 is 17.0. The number of ether oxygens (including phenoxy) is 3. The molecule has 0 radical (unpaired) electrons. The van der Waals surface area contributed by atoms with Crippen molar-refractivity contribution >= 4 is 12.4 Å². The van der Waals surface area contributed by atoms with Crippen LogP contribution in [-0.2, 0) is 20.9 Å². The van der Waals surface area contributed by atoms with Crippen LogP contribution in [-0.4, -0.2) is 73.4 Å². The first kappa shape index (κ1) is 32.9. The van der Waals surface area contributed by atoms with Crippen molar-refractivity contribution in [3.05, 3.63) is 23.3 Å². The summed E-state index contributed by atoms with van der Waals surface area (Å²) in [6.45, 7) is 15.1. The number of carbonyl (C=O) groups is 2. The van der Waals surface area contributed by atoms with Gasteiger partial charge >= 0.3 is 0 Å². The molecule has 2 atom stereocenters. The van der Waals surface area contributed by atoms with E-state index in [1.807, 2.05) is 0 Å². The molecule has 8 heteroatoms. The number of hydrogen-bond donors (Lipinski definition) is 1. The van der Waals surface area contributed by atoms with E-state index in [2.05, 4.69) is 56.6 Å². The minimum atomic E-state index is -0.250. The highest BCUT2D eigenvalue weighted by Crippen LogP contribution is 2.42. The highest BCUT2D eigenvalue weighted by molar-refractivity contribution is 5.78. The van der Waals surface area contributed by atoms with Crippen LogP contribution in [0.2, 0.25) is 0 Å². The Bertz CT molecular complexity index is 865. The number of benzene rings is 1. The van der Waals surface area contributed by atoms with E-state index in [1.165, 1.54) is 18.4 Å². The van der Waals surface area contributed by atoms with E-state index >= 15 is 0 Å². The van der Waals surface area contributed by atoms with Crippen molar-refractivity contribution in [3.8, 4) is 11.5 Å². The molecule has 1 aromatic carbocycles. The highest BCUT2D eigenvalue weighted by Gasteiger charge is 2.38. The predicted molar refractivity (Wildman–Crippen MR) is 154 cm³/mol. The molecule has 2 aliphatic heterocycles. The van der Waals surface area contributed by atoms with Gasteiger partial charge in [-0.05, 0) is 61.1 Å². The summed E-state index contributed by atoms with van der Waals surface area (Å²) in [5.41, 5.74) is 2.49. The van der Waals surface area contributed by atoms with Gasteiger partial charge in [-0.15, -0.1) is 0 Å². The second-order valence-corrected chi connectivity index (χ2v) is 11.6. The van der Waals surface area contributed by atoms with Gasteiger partial charge in [0.05, 0.1) is 25.8 Å². The first-order valence-corrected chi connectivity index (χ1v) is 14.7. The molecule has 3 rings (SSSR count). The van der Waals surface area contributed by atoms with Crippen molar-refractivity contribution < 1.29 is 28.9 Å². The van der Waals surface area contributed by atoms with E-state index < -0.39 is 0 Å². The second-order valence-electron chi connectivity index (χ2n) is 11.6. The molecule has 0 bridgehead atoms. The van der Waals surface area contributed by atoms with E-state index in [-0.39, 0.29) is 18.7 Å². The number of fused-ring (bicyclic) bond motifs is 1. The van der Waals surface area contributed by atoms with Crippen LogP contribution in [0.25, 0.3) is 0 Å². The van der Waals surface area contributed by atoms with Crippen LogP contribution in [0.3, 0.4) is 0 Å². The Morgan fingerprint density at radius 3 is 2.44 bits per heavy atom. The number of amides is 1. The van der Waals surface area contributed by atoms with Crippen molar-refractivity contribution in [2.45, 2.75) is 105 Å². The van der Waals surface area contributed by atoms with Crippen LogP contribution in [0.1, 0.15) is 103 Å². The normalized spacial score (nSPS) is 18.9. The van der Waals surface area contributed by atoms with Gasteiger partial charge in [0, 0.05) is 25.7 Å². The van der Waals surface area contributed by atoms with Crippen LogP contribution < -0.4 is 9.47 Å². The third-order valence-corrected chi connectivity index (χ3v) is 7.92. The fraction of sp³-hybridized carbons (Fsp3) is 0.742. The second kappa shape index (κ2) is 16.7. The van der Waals surface area contributed by atoms with Gasteiger partial charge in [0.2, 0.25) is 5.91 Å². The van der Waals surface area contributed by atoms with Gasteiger partial charge in [-0.2, -0.15) is 0 Å². The Morgan fingerprint density at radius 1 is 1.18 bits per heavy atom. The Morgan fingerprint density at radius 2 is 1.85 bits per heavy atom. The van der Waals surface area contributed by atoms with Gasteiger partial charge in [0.1, 0.15) is 11.5 Å². The SMILES string of the molecule is CCCCN(CCCC)C(=O)CN1C[C@H](c2cc(OC)c3c(c2)OCOC3)C[C@@H]1CC(C)(C)CCC.O=CO. The van der Waals surface area contributed by atoms with Gasteiger partial charge in [-0.3, -0.25) is 14.5 Å². The number of carbonyl (C=O) groups excluding carboxylic acids is 1. The summed E-state index contributed by atoms with van der Waals surface area (Å²) >= 11 is 0. The van der Waals surface area contributed by atoms with E-state index in [1.54, 1.807) is 7.11 Å². The number of unbranched alkanes of at least 4 members (excludes halogenated alkanes) is 2. The molecule has 0 spiro atoms. The van der Waals surface area contributed by atoms with E-state index in [0.717, 1.165) is 75.2 Å². The molecule has 1 N–H and O–H groups in total. The summed E-state index contributed by atoms with van der Waals surface area (Å²) in [4.78, 5) is 26.5. The lowest BCUT2D eigenvalue weighted by atomic mass is 9.80. The van der Waals surface area contributed by atoms with Crippen molar-refractivity contribution in [1.29, 1.82) is 0 Å². The molecule has 1 amide bonds. The summed E-state index contributed by atoms with van der Waals surface area (Å²) in [6, 6.07) is 4.74. The first-order chi connectivity index (χ1) is 18.7. The third-order valence-electron chi connectivity index (χ3n) is 7.92. The van der Waals surface area contributed by atoms with E-state index in [9.17, 15) is 4.79 Å². The number of likely N-dealkylation sites (tertiary alicyclic amines) is 1. The molecule has 0 unspecified atom stereocenters. The molecular formula is C31H52N2O6. The highest BCUT2D eigenvalue weighted by atomic mass is 16.7. The Labute approximate surface area is 236 Å². The minimum Gasteiger partial charge on any atom is -0.496 e. The maximum absolute atomic E-state index is 13.5. The van der Waals surface area contributed by atoms with Crippen LogP contribution in [0, 0.1) is 5.41 Å². The van der Waals surface area contributed by atoms with Gasteiger partial charge in [0.15, 0.2) is 6.79 Å². The molecule has 2 heterocycles. The lowest BCUT2D eigenvalue weighted by Crippen LogP contribution is -2.44. The number of methoxy groups -OCH3 is 1. The van der Waals surface area contributed by atoms with Crippen molar-refractivity contribution in [1.82, 2.24) is 9.80 Å². The number of carboxylic acid groups (broad SMARTS) is 1. The molecule has 39 heavy (non-hydrogen) atoms. The van der Waals surface area contributed by atoms with Crippen LogP contribution >= 0.6 is 0 Å². The van der Waals surface area contributed by atoms with Gasteiger partial charge in [0.25, 0.3) is 6.47 Å². The maximum atomic E-state index is 13.5. The molecule has 8 nitrogen and oxygen atoms in total. The summed E-state index contributed by atoms with van der Waals surface area (Å²) in [5, 5.41) is 6.89. The lowest BCUT2D eigenvalue weighted by Gasteiger charge is -2.33. The molecule has 0 aromatic heterocycles. The maximum Gasteiger partial charge on any atom is 0.290 e. The van der Waals surface area contributed by atoms with Crippen LogP contribution in [0.5, 0.6) is 11.5 Å². The first-order valence-electron chi connectivity index (χ1n) is 14.7. The average molecular weight is 549 g/mol. The van der Waals surface area contributed by atoms with E-state index in [0.29, 0.717) is 31.0 Å². The fourth-order valence-electron chi connectivity index (χ4n) is 5.96. The van der Waals surface area contributed by atoms with E-state index in [4.69, 9.17) is 24.1 Å². The fourth-order valence-corrected chi connectivity index (χ4v) is 5.96. The topological polar surface area (TPSA) is 88.5 Å². The molecule has 2 aliphatic rings. The monoisotopic (exact) mass is 548 g/mol. The largest absolute Gasteiger partial charge is 0.496 e. The van der Waals surface area contributed by atoms with Gasteiger partial charge in [-0.25, -0.2) is 0 Å². The Balaban J connectivity index is 0.00000170. The molecule has 0 aliphatic carbocycles. The zero-order valence-corrected chi connectivity index (χ0v) is 25.2. The summed E-state index contributed by atoms with van der Waals surface area (Å²) in [5.74, 6) is 2.35. The Hall–Kier alpha value is -2.32. The van der Waals surface area contributed by atoms with Crippen molar-refractivity contribution in [2.24, 2.45) is 5.41 Å². The van der Waals surface area contributed by atoms with Crippen LogP contribution in [0.4, 0.5) is 0 Å². The summed E-state index contributed by atoms with van der Waals surface area (Å²) in [6.07, 6.45) is 8.93. The summed E-state index contributed by atoms with van der Waals surface area (Å²) in [7, 11) is 1.71. The quantitative estimate of drug-likeness (QED) is 0.283. The van der Waals surface area contributed by atoms with Crippen LogP contribution in [0.15, 0.2) is 12.1 Å². The molecular weight excluding hydrogens is 496 g/mol. The minimum absolute atomic E-state index is 0.250. The molecule has 1 saturated heterocycles. The molecule has 222 valence electrons. The lowest BCUT2D eigenvalue weighted by molar-refractivity contribution is -0.133. The van der Waals surface area contributed by atoms with Gasteiger partial charge < -0.3 is 24.2 Å². The third kappa shape index (κ3) is 9.98. The Kier molecular flexibility index (Phi) is 14.1. The number of rotatable bonds is 14. The van der Waals surface area contributed by atoms with Crippen molar-refractivity contribution in [2.75, 3.05) is 40.1 Å². The smallest absolute Gasteiger partial charge is 0.290 e. The molecule has 1 aromatic rings. The predicted octanol–water partition coefficient (Wildman–Crippen LogP) is 6.07. The number of hydrogen-bond acceptors (Lipinski definition) is 6. The molecule has 0 saturated carbocycles. The average Bonchev–Trinajstić information content (AvgIpc) is 3.29. The standard InChI is InChI=1S/C30H50N2O4.CH2O2/c1-7-10-13-31(14-11-8-2)29(33)20-32-19-24(15-25(32)18-30(4,5)12-9-3)23-16-27(34-6)26-21-35-22-36-28(26)17-23;2-1-3/h16-17,24-25H,7-15,18-22H2,1-6H3;1H,(H,2,3)/t24-,25-;/m1./s1.